The first kappa shape index (κ1) is 24.3. The summed E-state index contributed by atoms with van der Waals surface area (Å²) in [6, 6.07) is 12.5. The molecule has 1 amide bonds. The molecule has 186 valence electrons. The summed E-state index contributed by atoms with van der Waals surface area (Å²) in [7, 11) is 0. The molecule has 2 aromatic carbocycles. The Hall–Kier alpha value is -3.40. The van der Waals surface area contributed by atoms with Gasteiger partial charge in [-0.25, -0.2) is 4.39 Å². The van der Waals surface area contributed by atoms with E-state index in [9.17, 15) is 9.18 Å². The van der Waals surface area contributed by atoms with Crippen LogP contribution in [0.4, 0.5) is 4.39 Å². The molecule has 36 heavy (non-hydrogen) atoms. The number of benzene rings is 2. The molecular formula is C27H27FN4O3S. The average molecular weight is 507 g/mol. The summed E-state index contributed by atoms with van der Waals surface area (Å²) < 4.78 is 21.1. The van der Waals surface area contributed by atoms with Crippen LogP contribution in [-0.4, -0.2) is 47.5 Å². The second-order valence-electron chi connectivity index (χ2n) is 8.98. The lowest BCUT2D eigenvalue weighted by Crippen LogP contribution is -2.30. The molecule has 0 spiro atoms. The Balaban J connectivity index is 1.47. The SMILES string of the molecule is CC(CNCCO)COc1cc(F)ccc1-c1nnc(-c2ccc3c(c2)CNC(=O)C3)c2ccsc12. The number of amides is 1. The molecule has 2 aromatic heterocycles. The zero-order chi connectivity index (χ0) is 25.1. The number of hydrogen-bond donors (Lipinski definition) is 3. The summed E-state index contributed by atoms with van der Waals surface area (Å²) in [6.45, 7) is 4.20. The van der Waals surface area contributed by atoms with E-state index in [0.29, 0.717) is 49.7 Å². The smallest absolute Gasteiger partial charge is 0.224 e. The maximum atomic E-state index is 14.2. The zero-order valence-electron chi connectivity index (χ0n) is 19.9. The molecule has 0 fully saturated rings. The maximum absolute atomic E-state index is 14.2. The van der Waals surface area contributed by atoms with Crippen LogP contribution in [0.2, 0.25) is 0 Å². The van der Waals surface area contributed by atoms with Gasteiger partial charge in [0.1, 0.15) is 23.0 Å². The van der Waals surface area contributed by atoms with Crippen molar-refractivity contribution in [1.29, 1.82) is 0 Å². The van der Waals surface area contributed by atoms with Gasteiger partial charge < -0.3 is 20.5 Å². The Morgan fingerprint density at radius 3 is 2.89 bits per heavy atom. The Morgan fingerprint density at radius 2 is 2.03 bits per heavy atom. The first-order valence-electron chi connectivity index (χ1n) is 11.9. The van der Waals surface area contributed by atoms with Gasteiger partial charge in [0.05, 0.1) is 24.3 Å². The summed E-state index contributed by atoms with van der Waals surface area (Å²) in [5.41, 5.74) is 5.15. The highest BCUT2D eigenvalue weighted by molar-refractivity contribution is 7.17. The number of ether oxygens (including phenoxy) is 1. The third kappa shape index (κ3) is 5.09. The van der Waals surface area contributed by atoms with Crippen LogP contribution in [0.15, 0.2) is 47.8 Å². The number of fused-ring (bicyclic) bond motifs is 2. The van der Waals surface area contributed by atoms with E-state index in [2.05, 4.69) is 26.9 Å². The van der Waals surface area contributed by atoms with Gasteiger partial charge in [-0.3, -0.25) is 4.79 Å². The van der Waals surface area contributed by atoms with Crippen molar-refractivity contribution in [1.82, 2.24) is 20.8 Å². The number of halogens is 1. The lowest BCUT2D eigenvalue weighted by Gasteiger charge is -2.18. The van der Waals surface area contributed by atoms with Crippen LogP contribution in [-0.2, 0) is 17.8 Å². The minimum absolute atomic E-state index is 0.0350. The number of aliphatic hydroxyl groups excluding tert-OH is 1. The first-order valence-corrected chi connectivity index (χ1v) is 12.8. The predicted octanol–water partition coefficient (Wildman–Crippen LogP) is 3.93. The number of carbonyl (C=O) groups is 1. The summed E-state index contributed by atoms with van der Waals surface area (Å²) in [4.78, 5) is 11.7. The fourth-order valence-electron chi connectivity index (χ4n) is 4.34. The number of aromatic nitrogens is 2. The van der Waals surface area contributed by atoms with Crippen LogP contribution in [0, 0.1) is 11.7 Å². The molecule has 1 atom stereocenters. The van der Waals surface area contributed by atoms with E-state index in [1.807, 2.05) is 30.5 Å². The zero-order valence-corrected chi connectivity index (χ0v) is 20.7. The lowest BCUT2D eigenvalue weighted by atomic mass is 9.96. The largest absolute Gasteiger partial charge is 0.492 e. The molecule has 1 unspecified atom stereocenters. The second-order valence-corrected chi connectivity index (χ2v) is 9.90. The van der Waals surface area contributed by atoms with Crippen molar-refractivity contribution in [3.8, 4) is 28.3 Å². The van der Waals surface area contributed by atoms with E-state index in [0.717, 1.165) is 32.5 Å². The molecule has 1 aliphatic rings. The predicted molar refractivity (Wildman–Crippen MR) is 138 cm³/mol. The van der Waals surface area contributed by atoms with E-state index >= 15 is 0 Å². The first-order chi connectivity index (χ1) is 17.5. The molecule has 1 aliphatic heterocycles. The Bertz CT molecular complexity index is 1410. The van der Waals surface area contributed by atoms with Crippen LogP contribution in [0.5, 0.6) is 5.75 Å². The van der Waals surface area contributed by atoms with Gasteiger partial charge in [-0.05, 0) is 40.8 Å². The maximum Gasteiger partial charge on any atom is 0.224 e. The van der Waals surface area contributed by atoms with Gasteiger partial charge >= 0.3 is 0 Å². The van der Waals surface area contributed by atoms with E-state index in [4.69, 9.17) is 9.84 Å². The number of nitrogens with one attached hydrogen (secondary N) is 2. The van der Waals surface area contributed by atoms with Gasteiger partial charge in [0.2, 0.25) is 5.91 Å². The summed E-state index contributed by atoms with van der Waals surface area (Å²) in [5, 5.41) is 27.1. The standard InChI is InChI=1S/C27H27FN4O3S/c1-16(13-29-7-8-33)15-35-23-12-20(28)4-5-21(23)26-27-22(6-9-36-27)25(31-32-26)18-3-2-17-11-24(34)30-14-19(17)10-18/h2-6,9-10,12,16,29,33H,7-8,11,13-15H2,1H3,(H,30,34). The Morgan fingerprint density at radius 1 is 1.17 bits per heavy atom. The molecule has 9 heteroatoms. The monoisotopic (exact) mass is 506 g/mol. The van der Waals surface area contributed by atoms with Crippen molar-refractivity contribution in [3.05, 3.63) is 64.8 Å². The van der Waals surface area contributed by atoms with Crippen molar-refractivity contribution in [2.45, 2.75) is 19.9 Å². The fraction of sp³-hybridized carbons (Fsp3) is 0.296. The average Bonchev–Trinajstić information content (AvgIpc) is 3.37. The minimum Gasteiger partial charge on any atom is -0.492 e. The number of thiophene rings is 1. The van der Waals surface area contributed by atoms with Gasteiger partial charge in [0.15, 0.2) is 0 Å². The molecule has 0 aliphatic carbocycles. The Kier molecular flexibility index (Phi) is 7.22. The highest BCUT2D eigenvalue weighted by atomic mass is 32.1. The molecule has 4 aromatic rings. The van der Waals surface area contributed by atoms with Gasteiger partial charge in [-0.2, -0.15) is 0 Å². The van der Waals surface area contributed by atoms with Crippen molar-refractivity contribution in [2.75, 3.05) is 26.3 Å². The molecule has 3 heterocycles. The van der Waals surface area contributed by atoms with Gasteiger partial charge in [0, 0.05) is 48.1 Å². The second kappa shape index (κ2) is 10.7. The van der Waals surface area contributed by atoms with E-state index in [1.165, 1.54) is 12.1 Å². The van der Waals surface area contributed by atoms with E-state index in [1.54, 1.807) is 17.4 Å². The molecule has 0 bridgehead atoms. The number of hydrogen-bond acceptors (Lipinski definition) is 7. The normalized spacial score (nSPS) is 13.9. The van der Waals surface area contributed by atoms with Gasteiger partial charge in [0.25, 0.3) is 0 Å². The molecule has 0 radical (unpaired) electrons. The summed E-state index contributed by atoms with van der Waals surface area (Å²) in [5.74, 6) is 0.239. The fourth-order valence-corrected chi connectivity index (χ4v) is 5.23. The van der Waals surface area contributed by atoms with Crippen molar-refractivity contribution >= 4 is 27.3 Å². The minimum atomic E-state index is -0.382. The Labute approximate surface area is 212 Å². The number of rotatable bonds is 9. The van der Waals surface area contributed by atoms with Crippen LogP contribution in [0.1, 0.15) is 18.1 Å². The highest BCUT2D eigenvalue weighted by Gasteiger charge is 2.20. The molecule has 0 saturated carbocycles. The van der Waals surface area contributed by atoms with Crippen LogP contribution >= 0.6 is 11.3 Å². The van der Waals surface area contributed by atoms with E-state index in [-0.39, 0.29) is 24.2 Å². The van der Waals surface area contributed by atoms with Gasteiger partial charge in [-0.15, -0.1) is 21.5 Å². The van der Waals surface area contributed by atoms with Crippen molar-refractivity contribution in [2.24, 2.45) is 5.92 Å². The quantitative estimate of drug-likeness (QED) is 0.298. The summed E-state index contributed by atoms with van der Waals surface area (Å²) in [6.07, 6.45) is 0.386. The molecule has 7 nitrogen and oxygen atoms in total. The van der Waals surface area contributed by atoms with Crippen LogP contribution in [0.25, 0.3) is 32.6 Å². The van der Waals surface area contributed by atoms with Gasteiger partial charge in [-0.1, -0.05) is 19.1 Å². The lowest BCUT2D eigenvalue weighted by molar-refractivity contribution is -0.121. The number of nitrogens with zero attached hydrogens (tertiary/aromatic N) is 2. The third-order valence-electron chi connectivity index (χ3n) is 6.20. The molecule has 3 N–H and O–H groups in total. The molecule has 5 rings (SSSR count). The van der Waals surface area contributed by atoms with E-state index < -0.39 is 0 Å². The van der Waals surface area contributed by atoms with Crippen molar-refractivity contribution < 1.29 is 19.0 Å². The number of aliphatic hydroxyl groups is 1. The van der Waals surface area contributed by atoms with Crippen LogP contribution < -0.4 is 15.4 Å². The van der Waals surface area contributed by atoms with Crippen molar-refractivity contribution in [3.63, 3.8) is 0 Å². The topological polar surface area (TPSA) is 96.4 Å². The highest BCUT2D eigenvalue weighted by Crippen LogP contribution is 2.39. The number of carbonyl (C=O) groups excluding carboxylic acids is 1. The molecule has 0 saturated heterocycles. The summed E-state index contributed by atoms with van der Waals surface area (Å²) >= 11 is 1.56. The van der Waals surface area contributed by atoms with Crippen LogP contribution in [0.3, 0.4) is 0 Å². The third-order valence-corrected chi connectivity index (χ3v) is 7.12. The molecular weight excluding hydrogens is 479 g/mol.